The number of aromatic nitrogens is 3. The Morgan fingerprint density at radius 2 is 1.30 bits per heavy atom. The van der Waals surface area contributed by atoms with Crippen LogP contribution >= 0.6 is 0 Å². The van der Waals surface area contributed by atoms with Gasteiger partial charge in [-0.25, -0.2) is 9.97 Å². The van der Waals surface area contributed by atoms with E-state index in [0.29, 0.717) is 0 Å². The molecule has 0 fully saturated rings. The highest BCUT2D eigenvalue weighted by molar-refractivity contribution is 6.03. The van der Waals surface area contributed by atoms with Crippen LogP contribution in [0.2, 0.25) is 0 Å². The first-order valence-electron chi connectivity index (χ1n) is 13.8. The van der Waals surface area contributed by atoms with Gasteiger partial charge in [0.15, 0.2) is 5.82 Å². The van der Waals surface area contributed by atoms with E-state index < -0.39 is 0 Å². The fraction of sp³-hybridized carbons (Fsp3) is 0.0811. The molecule has 7 aromatic rings. The summed E-state index contributed by atoms with van der Waals surface area (Å²) in [6.45, 7) is 4.69. The lowest BCUT2D eigenvalue weighted by Crippen LogP contribution is -2.19. The van der Waals surface area contributed by atoms with E-state index in [0.717, 1.165) is 39.2 Å². The fourth-order valence-electron chi connectivity index (χ4n) is 6.55. The number of nitrogens with zero attached hydrogens (tertiary/aromatic N) is 3. The van der Waals surface area contributed by atoms with Gasteiger partial charge in [-0.1, -0.05) is 117 Å². The van der Waals surface area contributed by atoms with E-state index in [1.54, 1.807) is 0 Å². The molecule has 0 saturated carbocycles. The first-order chi connectivity index (χ1) is 19.6. The average molecular weight is 514 g/mol. The molecule has 0 amide bonds. The van der Waals surface area contributed by atoms with Gasteiger partial charge in [-0.2, -0.15) is 0 Å². The summed E-state index contributed by atoms with van der Waals surface area (Å²) in [5, 5.41) is 2.34. The Balaban J connectivity index is 1.37. The van der Waals surface area contributed by atoms with Crippen LogP contribution in [0.1, 0.15) is 25.1 Å². The van der Waals surface area contributed by atoms with Crippen LogP contribution in [0.3, 0.4) is 0 Å². The summed E-state index contributed by atoms with van der Waals surface area (Å²) in [4.78, 5) is 10.2. The van der Waals surface area contributed by atoms with Gasteiger partial charge in [-0.3, -0.25) is 0 Å². The smallest absolute Gasteiger partial charge is 0.160 e. The number of fused-ring (bicyclic) bond motifs is 6. The van der Waals surface area contributed by atoms with Gasteiger partial charge in [-0.05, 0) is 35.4 Å². The van der Waals surface area contributed by atoms with Crippen molar-refractivity contribution in [3.05, 3.63) is 139 Å². The Kier molecular flexibility index (Phi) is 4.86. The number of rotatable bonds is 3. The number of hydrogen-bond donors (Lipinski definition) is 0. The fourth-order valence-corrected chi connectivity index (χ4v) is 6.55. The quantitative estimate of drug-likeness (QED) is 0.236. The van der Waals surface area contributed by atoms with Crippen molar-refractivity contribution >= 4 is 21.8 Å². The van der Waals surface area contributed by atoms with E-state index in [-0.39, 0.29) is 5.41 Å². The van der Waals surface area contributed by atoms with Crippen LogP contribution < -0.4 is 0 Å². The Morgan fingerprint density at radius 1 is 0.600 bits per heavy atom. The van der Waals surface area contributed by atoms with Crippen LogP contribution in [-0.2, 0) is 5.41 Å². The van der Waals surface area contributed by atoms with E-state index in [1.807, 2.05) is 12.1 Å². The molecule has 3 nitrogen and oxygen atoms in total. The number of hydrogen-bond acceptors (Lipinski definition) is 2. The summed E-state index contributed by atoms with van der Waals surface area (Å²) in [6, 6.07) is 45.0. The summed E-state index contributed by atoms with van der Waals surface area (Å²) in [5.41, 5.74) is 11.6. The Morgan fingerprint density at radius 3 is 2.17 bits per heavy atom. The van der Waals surface area contributed by atoms with Crippen molar-refractivity contribution in [2.45, 2.75) is 19.3 Å². The SMILES string of the molecule is CC1(C)c2ccccc2-c2c1n(-c1cccc(-c3nc(-c4ccccc4)c4ccccc4n3)c1)c1ccccc21. The van der Waals surface area contributed by atoms with Gasteiger partial charge >= 0.3 is 0 Å². The van der Waals surface area contributed by atoms with Crippen molar-refractivity contribution in [2.24, 2.45) is 0 Å². The van der Waals surface area contributed by atoms with Gasteiger partial charge in [-0.15, -0.1) is 0 Å². The second-order valence-electron chi connectivity index (χ2n) is 11.1. The van der Waals surface area contributed by atoms with Crippen molar-refractivity contribution in [3.63, 3.8) is 0 Å². The summed E-state index contributed by atoms with van der Waals surface area (Å²) < 4.78 is 2.45. The van der Waals surface area contributed by atoms with Crippen molar-refractivity contribution < 1.29 is 0 Å². The van der Waals surface area contributed by atoms with Crippen LogP contribution in [-0.4, -0.2) is 14.5 Å². The molecule has 0 aliphatic heterocycles. The van der Waals surface area contributed by atoms with E-state index in [1.165, 1.54) is 33.3 Å². The van der Waals surface area contributed by atoms with Gasteiger partial charge in [0.1, 0.15) is 0 Å². The van der Waals surface area contributed by atoms with Gasteiger partial charge in [0, 0.05) is 44.3 Å². The third-order valence-corrected chi connectivity index (χ3v) is 8.35. The highest BCUT2D eigenvalue weighted by Gasteiger charge is 2.40. The van der Waals surface area contributed by atoms with Gasteiger partial charge < -0.3 is 4.57 Å². The monoisotopic (exact) mass is 513 g/mol. The predicted molar refractivity (Wildman–Crippen MR) is 165 cm³/mol. The topological polar surface area (TPSA) is 30.7 Å². The third kappa shape index (κ3) is 3.24. The second kappa shape index (κ2) is 8.49. The van der Waals surface area contributed by atoms with Gasteiger partial charge in [0.05, 0.1) is 16.7 Å². The molecular weight excluding hydrogens is 486 g/mol. The minimum atomic E-state index is -0.138. The minimum absolute atomic E-state index is 0.138. The minimum Gasteiger partial charge on any atom is -0.312 e. The highest BCUT2D eigenvalue weighted by atomic mass is 15.0. The van der Waals surface area contributed by atoms with Gasteiger partial charge in [0.25, 0.3) is 0 Å². The van der Waals surface area contributed by atoms with Gasteiger partial charge in [0.2, 0.25) is 0 Å². The molecule has 2 heterocycles. The van der Waals surface area contributed by atoms with Crippen LogP contribution in [0.25, 0.3) is 61.3 Å². The third-order valence-electron chi connectivity index (χ3n) is 8.35. The molecule has 2 aromatic heterocycles. The van der Waals surface area contributed by atoms with Crippen LogP contribution in [0.15, 0.2) is 127 Å². The summed E-state index contributed by atoms with van der Waals surface area (Å²) in [7, 11) is 0. The molecule has 1 aliphatic rings. The molecule has 0 spiro atoms. The summed E-state index contributed by atoms with van der Waals surface area (Å²) in [6.07, 6.45) is 0. The molecule has 5 aromatic carbocycles. The number of para-hydroxylation sites is 2. The highest BCUT2D eigenvalue weighted by Crippen LogP contribution is 2.53. The average Bonchev–Trinajstić information content (AvgIpc) is 3.48. The molecule has 40 heavy (non-hydrogen) atoms. The largest absolute Gasteiger partial charge is 0.312 e. The molecule has 1 aliphatic carbocycles. The normalized spacial score (nSPS) is 13.4. The standard InChI is InChI=1S/C37H27N3/c1-37(2)30-20-9-6-17-27(30)33-29-19-8-11-22-32(29)40(35(33)37)26-16-12-15-25(23-26)36-38-31-21-10-7-18-28(31)34(39-36)24-13-4-3-5-14-24/h3-23H,1-2H3. The molecule has 8 rings (SSSR count). The first kappa shape index (κ1) is 22.9. The Bertz CT molecular complexity index is 2080. The molecule has 0 saturated heterocycles. The molecule has 0 atom stereocenters. The van der Waals surface area contributed by atoms with E-state index >= 15 is 0 Å². The lowest BCUT2D eigenvalue weighted by Gasteiger charge is -2.24. The maximum absolute atomic E-state index is 5.14. The maximum Gasteiger partial charge on any atom is 0.160 e. The molecule has 3 heteroatoms. The van der Waals surface area contributed by atoms with Crippen LogP contribution in [0, 0.1) is 0 Å². The van der Waals surface area contributed by atoms with E-state index in [4.69, 9.17) is 9.97 Å². The van der Waals surface area contributed by atoms with Crippen molar-refractivity contribution in [1.82, 2.24) is 14.5 Å². The molecule has 0 unspecified atom stereocenters. The van der Waals surface area contributed by atoms with Crippen LogP contribution in [0.5, 0.6) is 0 Å². The Labute approximate surface area is 233 Å². The lowest BCUT2D eigenvalue weighted by atomic mass is 9.85. The summed E-state index contributed by atoms with van der Waals surface area (Å²) >= 11 is 0. The zero-order chi connectivity index (χ0) is 26.8. The molecule has 0 N–H and O–H groups in total. The zero-order valence-corrected chi connectivity index (χ0v) is 22.5. The molecular formula is C37H27N3. The molecule has 190 valence electrons. The molecule has 0 radical (unpaired) electrons. The summed E-state index contributed by atoms with van der Waals surface area (Å²) in [5.74, 6) is 0.732. The van der Waals surface area contributed by atoms with E-state index in [2.05, 4.69) is 134 Å². The van der Waals surface area contributed by atoms with E-state index in [9.17, 15) is 0 Å². The lowest BCUT2D eigenvalue weighted by molar-refractivity contribution is 0.624. The second-order valence-corrected chi connectivity index (χ2v) is 11.1. The molecule has 0 bridgehead atoms. The number of benzene rings is 5. The Hall–Kier alpha value is -5.02. The van der Waals surface area contributed by atoms with Crippen LogP contribution in [0.4, 0.5) is 0 Å². The maximum atomic E-state index is 5.14. The predicted octanol–water partition coefficient (Wildman–Crippen LogP) is 9.21. The van der Waals surface area contributed by atoms with Crippen molar-refractivity contribution in [3.8, 4) is 39.5 Å². The van der Waals surface area contributed by atoms with Crippen molar-refractivity contribution in [2.75, 3.05) is 0 Å². The first-order valence-corrected chi connectivity index (χ1v) is 13.8. The van der Waals surface area contributed by atoms with Crippen molar-refractivity contribution in [1.29, 1.82) is 0 Å². The zero-order valence-electron chi connectivity index (χ0n) is 22.5.